The number of amides is 1. The lowest BCUT2D eigenvalue weighted by atomic mass is 9.83. The van der Waals surface area contributed by atoms with E-state index >= 15 is 0 Å². The molecule has 0 spiro atoms. The molecular weight excluding hydrogens is 212 g/mol. The molecule has 0 saturated heterocycles. The zero-order valence-electron chi connectivity index (χ0n) is 11.0. The van der Waals surface area contributed by atoms with Crippen molar-refractivity contribution in [3.8, 4) is 0 Å². The Morgan fingerprint density at radius 1 is 1.18 bits per heavy atom. The summed E-state index contributed by atoms with van der Waals surface area (Å²) in [4.78, 5) is 12.0. The monoisotopic (exact) mass is 238 g/mol. The van der Waals surface area contributed by atoms with E-state index in [1.807, 2.05) is 0 Å². The van der Waals surface area contributed by atoms with Crippen molar-refractivity contribution in [2.75, 3.05) is 0 Å². The van der Waals surface area contributed by atoms with Gasteiger partial charge < -0.3 is 11.1 Å². The molecule has 2 saturated carbocycles. The van der Waals surface area contributed by atoms with Crippen LogP contribution >= 0.6 is 0 Å². The molecule has 4 atom stereocenters. The highest BCUT2D eigenvalue weighted by Gasteiger charge is 2.28. The van der Waals surface area contributed by atoms with Crippen molar-refractivity contribution in [1.29, 1.82) is 0 Å². The highest BCUT2D eigenvalue weighted by molar-refractivity contribution is 5.76. The lowest BCUT2D eigenvalue weighted by Gasteiger charge is -2.28. The van der Waals surface area contributed by atoms with Crippen molar-refractivity contribution in [3.63, 3.8) is 0 Å². The molecule has 3 heteroatoms. The summed E-state index contributed by atoms with van der Waals surface area (Å²) in [5, 5.41) is 3.20. The molecule has 17 heavy (non-hydrogen) atoms. The zero-order valence-corrected chi connectivity index (χ0v) is 11.0. The fourth-order valence-electron chi connectivity index (χ4n) is 3.35. The van der Waals surface area contributed by atoms with Crippen molar-refractivity contribution in [2.45, 2.75) is 70.4 Å². The maximum Gasteiger partial charge on any atom is 0.220 e. The predicted octanol–water partition coefficient (Wildman–Crippen LogP) is 2.20. The Hall–Kier alpha value is -0.570. The maximum absolute atomic E-state index is 12.0. The number of hydrogen-bond donors (Lipinski definition) is 2. The van der Waals surface area contributed by atoms with Gasteiger partial charge in [-0.05, 0) is 37.5 Å². The Kier molecular flexibility index (Phi) is 4.43. The smallest absolute Gasteiger partial charge is 0.220 e. The molecule has 2 fully saturated rings. The topological polar surface area (TPSA) is 55.1 Å². The Labute approximate surface area is 105 Å². The Morgan fingerprint density at radius 2 is 1.94 bits per heavy atom. The van der Waals surface area contributed by atoms with Gasteiger partial charge in [0, 0.05) is 18.5 Å². The Bertz CT molecular complexity index is 267. The van der Waals surface area contributed by atoms with Crippen LogP contribution in [0.3, 0.4) is 0 Å². The Balaban J connectivity index is 1.76. The first-order valence-corrected chi connectivity index (χ1v) is 7.21. The van der Waals surface area contributed by atoms with Gasteiger partial charge in [-0.25, -0.2) is 0 Å². The van der Waals surface area contributed by atoms with E-state index in [9.17, 15) is 4.79 Å². The number of carbonyl (C=O) groups excluding carboxylic acids is 1. The molecule has 1 amide bonds. The first kappa shape index (κ1) is 12.9. The van der Waals surface area contributed by atoms with E-state index in [0.29, 0.717) is 24.3 Å². The average molecular weight is 238 g/mol. The van der Waals surface area contributed by atoms with Crippen molar-refractivity contribution in [3.05, 3.63) is 0 Å². The summed E-state index contributed by atoms with van der Waals surface area (Å²) in [7, 11) is 0. The second kappa shape index (κ2) is 5.85. The summed E-state index contributed by atoms with van der Waals surface area (Å²) in [6.45, 7) is 2.24. The third-order valence-electron chi connectivity index (χ3n) is 4.62. The van der Waals surface area contributed by atoms with Crippen molar-refractivity contribution >= 4 is 5.91 Å². The van der Waals surface area contributed by atoms with Crippen LogP contribution in [0.15, 0.2) is 0 Å². The number of nitrogens with one attached hydrogen (secondary N) is 1. The van der Waals surface area contributed by atoms with Gasteiger partial charge in [-0.3, -0.25) is 4.79 Å². The van der Waals surface area contributed by atoms with Crippen molar-refractivity contribution in [1.82, 2.24) is 5.32 Å². The van der Waals surface area contributed by atoms with Gasteiger partial charge in [0.2, 0.25) is 5.91 Å². The minimum atomic E-state index is 0.228. The summed E-state index contributed by atoms with van der Waals surface area (Å²) in [5.74, 6) is 1.30. The third kappa shape index (κ3) is 3.44. The minimum absolute atomic E-state index is 0.228. The van der Waals surface area contributed by atoms with Gasteiger partial charge in [0.15, 0.2) is 0 Å². The van der Waals surface area contributed by atoms with Crippen LogP contribution in [-0.4, -0.2) is 18.0 Å². The van der Waals surface area contributed by atoms with Gasteiger partial charge in [-0.2, -0.15) is 0 Å². The van der Waals surface area contributed by atoms with Crippen LogP contribution < -0.4 is 11.1 Å². The SMILES string of the molecule is CC1CCCC1NC(=O)CC1CCCCC1N. The summed E-state index contributed by atoms with van der Waals surface area (Å²) in [5.41, 5.74) is 6.08. The zero-order chi connectivity index (χ0) is 12.3. The van der Waals surface area contributed by atoms with Gasteiger partial charge in [0.25, 0.3) is 0 Å². The molecule has 0 bridgehead atoms. The van der Waals surface area contributed by atoms with E-state index < -0.39 is 0 Å². The molecule has 0 aliphatic heterocycles. The molecule has 0 aromatic heterocycles. The van der Waals surface area contributed by atoms with Crippen LogP contribution in [0.2, 0.25) is 0 Å². The summed E-state index contributed by atoms with van der Waals surface area (Å²) >= 11 is 0. The highest BCUT2D eigenvalue weighted by atomic mass is 16.1. The molecule has 98 valence electrons. The fourth-order valence-corrected chi connectivity index (χ4v) is 3.35. The maximum atomic E-state index is 12.0. The molecule has 0 heterocycles. The molecule has 3 N–H and O–H groups in total. The van der Waals surface area contributed by atoms with E-state index in [1.165, 1.54) is 25.7 Å². The predicted molar refractivity (Wildman–Crippen MR) is 69.5 cm³/mol. The van der Waals surface area contributed by atoms with Crippen molar-refractivity contribution in [2.24, 2.45) is 17.6 Å². The normalized spacial score (nSPS) is 38.0. The molecule has 0 aromatic rings. The summed E-state index contributed by atoms with van der Waals surface area (Å²) in [6, 6.07) is 0.665. The molecule has 4 unspecified atom stereocenters. The largest absolute Gasteiger partial charge is 0.353 e. The molecular formula is C14H26N2O. The van der Waals surface area contributed by atoms with E-state index in [4.69, 9.17) is 5.73 Å². The second-order valence-corrected chi connectivity index (χ2v) is 5.99. The lowest BCUT2D eigenvalue weighted by Crippen LogP contribution is -2.41. The van der Waals surface area contributed by atoms with Gasteiger partial charge in [-0.15, -0.1) is 0 Å². The number of hydrogen-bond acceptors (Lipinski definition) is 2. The molecule has 0 radical (unpaired) electrons. The van der Waals surface area contributed by atoms with Crippen LogP contribution in [0.4, 0.5) is 0 Å². The summed E-state index contributed by atoms with van der Waals surface area (Å²) in [6.07, 6.45) is 9.02. The summed E-state index contributed by atoms with van der Waals surface area (Å²) < 4.78 is 0. The van der Waals surface area contributed by atoms with Gasteiger partial charge >= 0.3 is 0 Å². The minimum Gasteiger partial charge on any atom is -0.353 e. The lowest BCUT2D eigenvalue weighted by molar-refractivity contribution is -0.123. The molecule has 2 aliphatic rings. The van der Waals surface area contributed by atoms with Crippen LogP contribution in [0.5, 0.6) is 0 Å². The van der Waals surface area contributed by atoms with E-state index in [1.54, 1.807) is 0 Å². The second-order valence-electron chi connectivity index (χ2n) is 5.99. The van der Waals surface area contributed by atoms with Gasteiger partial charge in [0.1, 0.15) is 0 Å². The molecule has 2 aliphatic carbocycles. The Morgan fingerprint density at radius 3 is 2.59 bits per heavy atom. The van der Waals surface area contributed by atoms with Gasteiger partial charge in [0.05, 0.1) is 0 Å². The standard InChI is InChI=1S/C14H26N2O/c1-10-5-4-8-13(10)16-14(17)9-11-6-2-3-7-12(11)15/h10-13H,2-9,15H2,1H3,(H,16,17). The van der Waals surface area contributed by atoms with Crippen LogP contribution in [0, 0.1) is 11.8 Å². The quantitative estimate of drug-likeness (QED) is 0.792. The number of nitrogens with two attached hydrogens (primary N) is 1. The van der Waals surface area contributed by atoms with E-state index in [-0.39, 0.29) is 11.9 Å². The number of carbonyl (C=O) groups is 1. The van der Waals surface area contributed by atoms with Crippen molar-refractivity contribution < 1.29 is 4.79 Å². The van der Waals surface area contributed by atoms with Gasteiger partial charge in [-0.1, -0.05) is 26.2 Å². The third-order valence-corrected chi connectivity index (χ3v) is 4.62. The number of rotatable bonds is 3. The first-order valence-electron chi connectivity index (χ1n) is 7.21. The highest BCUT2D eigenvalue weighted by Crippen LogP contribution is 2.27. The van der Waals surface area contributed by atoms with Crippen LogP contribution in [-0.2, 0) is 4.79 Å². The fraction of sp³-hybridized carbons (Fsp3) is 0.929. The first-order chi connectivity index (χ1) is 8.16. The van der Waals surface area contributed by atoms with Crippen LogP contribution in [0.1, 0.15) is 58.3 Å². The van der Waals surface area contributed by atoms with Crippen LogP contribution in [0.25, 0.3) is 0 Å². The molecule has 3 nitrogen and oxygen atoms in total. The average Bonchev–Trinajstić information content (AvgIpc) is 2.68. The van der Waals surface area contributed by atoms with E-state index in [0.717, 1.165) is 19.3 Å². The molecule has 2 rings (SSSR count). The van der Waals surface area contributed by atoms with E-state index in [2.05, 4.69) is 12.2 Å². The molecule has 0 aromatic carbocycles.